The number of thiophene rings is 1. The van der Waals surface area contributed by atoms with E-state index >= 15 is 0 Å². The van der Waals surface area contributed by atoms with Gasteiger partial charge in [0.1, 0.15) is 0 Å². The number of nitrogens with zero attached hydrogens (tertiary/aromatic N) is 2. The Morgan fingerprint density at radius 2 is 2.11 bits per heavy atom. The van der Waals surface area contributed by atoms with Crippen LogP contribution in [0.1, 0.15) is 0 Å². The summed E-state index contributed by atoms with van der Waals surface area (Å²) < 4.78 is 2.23. The highest BCUT2D eigenvalue weighted by Crippen LogP contribution is 2.30. The first kappa shape index (κ1) is 9.85. The number of aromatic nitrogens is 2. The van der Waals surface area contributed by atoms with Crippen molar-refractivity contribution < 1.29 is 0 Å². The van der Waals surface area contributed by atoms with Crippen LogP contribution in [0.25, 0.3) is 27.5 Å². The molecule has 4 aromatic rings. The molecule has 0 saturated heterocycles. The lowest BCUT2D eigenvalue weighted by Gasteiger charge is -2.07. The molecule has 0 amide bonds. The third-order valence-electron chi connectivity index (χ3n) is 3.24. The molecule has 4 aromatic heterocycles. The van der Waals surface area contributed by atoms with Gasteiger partial charge >= 0.3 is 0 Å². The van der Waals surface area contributed by atoms with Gasteiger partial charge in [0.2, 0.25) is 0 Å². The Kier molecular flexibility index (Phi) is 2.02. The molecule has 0 aromatic carbocycles. The summed E-state index contributed by atoms with van der Waals surface area (Å²) in [5, 5.41) is 5.47. The van der Waals surface area contributed by atoms with Gasteiger partial charge in [-0.1, -0.05) is 0 Å². The van der Waals surface area contributed by atoms with Crippen LogP contribution in [-0.4, -0.2) is 9.38 Å². The monoisotopic (exact) mass is 250 g/mol. The maximum absolute atomic E-state index is 4.22. The summed E-state index contributed by atoms with van der Waals surface area (Å²) in [6.45, 7) is 0. The normalized spacial score (nSPS) is 11.3. The smallest absolute Gasteiger partial charge is 0.0559 e. The van der Waals surface area contributed by atoms with Crippen molar-refractivity contribution in [2.45, 2.75) is 0 Å². The predicted molar refractivity (Wildman–Crippen MR) is 76.0 cm³/mol. The highest BCUT2D eigenvalue weighted by molar-refractivity contribution is 7.08. The molecule has 18 heavy (non-hydrogen) atoms. The first-order chi connectivity index (χ1) is 8.93. The Bertz CT molecular complexity index is 828. The van der Waals surface area contributed by atoms with E-state index in [1.54, 1.807) is 11.3 Å². The molecule has 86 valence electrons. The summed E-state index contributed by atoms with van der Waals surface area (Å²) in [5.74, 6) is 0. The van der Waals surface area contributed by atoms with E-state index in [-0.39, 0.29) is 0 Å². The standard InChI is InChI=1S/C15H10N2S/c1-2-15-13(11-4-7-18-10-11)8-12-9-16-5-3-14(12)17(15)6-1/h1-10H. The minimum absolute atomic E-state index is 1.17. The molecule has 4 rings (SSSR count). The lowest BCUT2D eigenvalue weighted by atomic mass is 10.1. The van der Waals surface area contributed by atoms with Gasteiger partial charge in [-0.15, -0.1) is 0 Å². The van der Waals surface area contributed by atoms with Crippen molar-refractivity contribution in [2.75, 3.05) is 0 Å². The SMILES string of the molecule is c1cc2c(-c3ccsc3)cc3cnccc3n2c1. The molecule has 0 radical (unpaired) electrons. The second kappa shape index (κ2) is 3.68. The van der Waals surface area contributed by atoms with Crippen LogP contribution in [0.4, 0.5) is 0 Å². The summed E-state index contributed by atoms with van der Waals surface area (Å²) in [6, 6.07) is 10.7. The highest BCUT2D eigenvalue weighted by atomic mass is 32.1. The van der Waals surface area contributed by atoms with Crippen molar-refractivity contribution in [1.29, 1.82) is 0 Å². The molecule has 0 fully saturated rings. The fourth-order valence-electron chi connectivity index (χ4n) is 2.42. The van der Waals surface area contributed by atoms with Crippen molar-refractivity contribution in [3.05, 3.63) is 59.7 Å². The molecule has 0 spiro atoms. The van der Waals surface area contributed by atoms with E-state index in [0.29, 0.717) is 0 Å². The summed E-state index contributed by atoms with van der Waals surface area (Å²) in [4.78, 5) is 4.22. The molecule has 0 unspecified atom stereocenters. The van der Waals surface area contributed by atoms with E-state index in [4.69, 9.17) is 0 Å². The lowest BCUT2D eigenvalue weighted by Crippen LogP contribution is -1.89. The van der Waals surface area contributed by atoms with Crippen LogP contribution in [0.5, 0.6) is 0 Å². The second-order valence-electron chi connectivity index (χ2n) is 4.27. The minimum Gasteiger partial charge on any atom is -0.316 e. The van der Waals surface area contributed by atoms with Gasteiger partial charge in [0.05, 0.1) is 11.0 Å². The molecular weight excluding hydrogens is 240 g/mol. The van der Waals surface area contributed by atoms with E-state index in [9.17, 15) is 0 Å². The molecule has 0 atom stereocenters. The zero-order chi connectivity index (χ0) is 11.9. The maximum Gasteiger partial charge on any atom is 0.0559 e. The fourth-order valence-corrected chi connectivity index (χ4v) is 3.07. The van der Waals surface area contributed by atoms with Crippen LogP contribution in [0.15, 0.2) is 59.7 Å². The Balaban J connectivity index is 2.21. The molecule has 0 saturated carbocycles. The predicted octanol–water partition coefficient (Wildman–Crippen LogP) is 4.22. The van der Waals surface area contributed by atoms with Gasteiger partial charge in [-0.25, -0.2) is 0 Å². The third kappa shape index (κ3) is 1.31. The number of pyridine rings is 2. The minimum atomic E-state index is 1.17. The first-order valence-electron chi connectivity index (χ1n) is 5.80. The van der Waals surface area contributed by atoms with E-state index < -0.39 is 0 Å². The Morgan fingerprint density at radius 3 is 3.00 bits per heavy atom. The first-order valence-corrected chi connectivity index (χ1v) is 6.74. The van der Waals surface area contributed by atoms with Crippen LogP contribution in [0.3, 0.4) is 0 Å². The van der Waals surface area contributed by atoms with Gasteiger partial charge in [0.25, 0.3) is 0 Å². The molecule has 0 aliphatic heterocycles. The van der Waals surface area contributed by atoms with Gasteiger partial charge in [-0.3, -0.25) is 4.98 Å². The van der Waals surface area contributed by atoms with Crippen LogP contribution in [0.2, 0.25) is 0 Å². The fraction of sp³-hybridized carbons (Fsp3) is 0. The number of hydrogen-bond donors (Lipinski definition) is 0. The zero-order valence-electron chi connectivity index (χ0n) is 9.58. The number of hydrogen-bond acceptors (Lipinski definition) is 2. The molecule has 0 N–H and O–H groups in total. The van der Waals surface area contributed by atoms with Gasteiger partial charge < -0.3 is 4.40 Å². The molecule has 2 nitrogen and oxygen atoms in total. The second-order valence-corrected chi connectivity index (χ2v) is 5.05. The average Bonchev–Trinajstić information content (AvgIpc) is 3.09. The molecule has 3 heteroatoms. The van der Waals surface area contributed by atoms with Crippen LogP contribution in [0, 0.1) is 0 Å². The van der Waals surface area contributed by atoms with Gasteiger partial charge in [0.15, 0.2) is 0 Å². The van der Waals surface area contributed by atoms with Crippen LogP contribution in [-0.2, 0) is 0 Å². The molecular formula is C15H10N2S. The highest BCUT2D eigenvalue weighted by Gasteiger charge is 2.08. The van der Waals surface area contributed by atoms with Crippen LogP contribution >= 0.6 is 11.3 Å². The molecule has 0 bridgehead atoms. The van der Waals surface area contributed by atoms with Gasteiger partial charge in [-0.2, -0.15) is 11.3 Å². The van der Waals surface area contributed by atoms with Crippen molar-refractivity contribution in [1.82, 2.24) is 9.38 Å². The van der Waals surface area contributed by atoms with E-state index in [1.165, 1.54) is 27.5 Å². The largest absolute Gasteiger partial charge is 0.316 e. The maximum atomic E-state index is 4.22. The Labute approximate surface area is 108 Å². The van der Waals surface area contributed by atoms with Crippen molar-refractivity contribution >= 4 is 27.8 Å². The van der Waals surface area contributed by atoms with Crippen molar-refractivity contribution in [3.8, 4) is 11.1 Å². The lowest BCUT2D eigenvalue weighted by molar-refractivity contribution is 1.25. The van der Waals surface area contributed by atoms with E-state index in [0.717, 1.165) is 0 Å². The van der Waals surface area contributed by atoms with Crippen LogP contribution < -0.4 is 0 Å². The number of fused-ring (bicyclic) bond motifs is 3. The quantitative estimate of drug-likeness (QED) is 0.494. The Morgan fingerprint density at radius 1 is 1.11 bits per heavy atom. The summed E-state index contributed by atoms with van der Waals surface area (Å²) in [7, 11) is 0. The van der Waals surface area contributed by atoms with Gasteiger partial charge in [-0.05, 0) is 46.7 Å². The summed E-state index contributed by atoms with van der Waals surface area (Å²) >= 11 is 1.73. The average molecular weight is 250 g/mol. The van der Waals surface area contributed by atoms with Crippen molar-refractivity contribution in [3.63, 3.8) is 0 Å². The van der Waals surface area contributed by atoms with Gasteiger partial charge in [0, 0.05) is 29.5 Å². The topological polar surface area (TPSA) is 17.3 Å². The summed E-state index contributed by atoms with van der Waals surface area (Å²) in [5.41, 5.74) is 4.98. The Hall–Kier alpha value is -2.13. The van der Waals surface area contributed by atoms with E-state index in [1.807, 2.05) is 12.4 Å². The molecule has 0 aliphatic rings. The zero-order valence-corrected chi connectivity index (χ0v) is 10.4. The summed E-state index contributed by atoms with van der Waals surface area (Å²) in [6.07, 6.45) is 5.87. The third-order valence-corrected chi connectivity index (χ3v) is 3.93. The molecule has 0 aliphatic carbocycles. The molecule has 4 heterocycles. The number of rotatable bonds is 1. The van der Waals surface area contributed by atoms with Crippen molar-refractivity contribution in [2.24, 2.45) is 0 Å². The van der Waals surface area contributed by atoms with E-state index in [2.05, 4.69) is 56.7 Å².